The van der Waals surface area contributed by atoms with E-state index in [1.807, 2.05) is 20.8 Å². The van der Waals surface area contributed by atoms with E-state index in [1.54, 1.807) is 0 Å². The van der Waals surface area contributed by atoms with Crippen molar-refractivity contribution in [2.45, 2.75) is 58.7 Å². The summed E-state index contributed by atoms with van der Waals surface area (Å²) >= 11 is 0. The first kappa shape index (κ1) is 12.2. The number of imide groups is 1. The Balaban J connectivity index is 2.65. The zero-order chi connectivity index (χ0) is 11.6. The number of nitrogens with one attached hydrogen (secondary N) is 1. The lowest BCUT2D eigenvalue weighted by Crippen LogP contribution is -2.44. The van der Waals surface area contributed by atoms with Crippen molar-refractivity contribution in [2.24, 2.45) is 0 Å². The SMILES string of the molecule is CCC(C)NC1CC(=O)N(C(C)C)C1=O. The van der Waals surface area contributed by atoms with Gasteiger partial charge in [0.15, 0.2) is 0 Å². The van der Waals surface area contributed by atoms with Crippen molar-refractivity contribution in [2.75, 3.05) is 0 Å². The van der Waals surface area contributed by atoms with Crippen LogP contribution in [0.2, 0.25) is 0 Å². The molecule has 1 saturated heterocycles. The average Bonchev–Trinajstić information content (AvgIpc) is 2.41. The highest BCUT2D eigenvalue weighted by Crippen LogP contribution is 2.16. The minimum Gasteiger partial charge on any atom is -0.303 e. The smallest absolute Gasteiger partial charge is 0.247 e. The molecule has 1 aliphatic heterocycles. The normalized spacial score (nSPS) is 24.1. The van der Waals surface area contributed by atoms with Crippen molar-refractivity contribution in [3.63, 3.8) is 0 Å². The van der Waals surface area contributed by atoms with Gasteiger partial charge in [0.25, 0.3) is 0 Å². The molecule has 4 heteroatoms. The highest BCUT2D eigenvalue weighted by atomic mass is 16.2. The molecule has 0 bridgehead atoms. The Hall–Kier alpha value is -0.900. The third-order valence-electron chi connectivity index (χ3n) is 2.80. The summed E-state index contributed by atoms with van der Waals surface area (Å²) in [5.41, 5.74) is 0. The van der Waals surface area contributed by atoms with Crippen molar-refractivity contribution in [3.8, 4) is 0 Å². The molecule has 86 valence electrons. The lowest BCUT2D eigenvalue weighted by Gasteiger charge is -2.20. The summed E-state index contributed by atoms with van der Waals surface area (Å²) in [6, 6.07) is -0.0672. The Labute approximate surface area is 91.0 Å². The molecular weight excluding hydrogens is 192 g/mol. The van der Waals surface area contributed by atoms with Crippen molar-refractivity contribution >= 4 is 11.8 Å². The molecule has 1 aliphatic rings. The molecule has 15 heavy (non-hydrogen) atoms. The van der Waals surface area contributed by atoms with Gasteiger partial charge in [-0.1, -0.05) is 6.92 Å². The number of amides is 2. The number of hydrogen-bond donors (Lipinski definition) is 1. The molecule has 0 aromatic carbocycles. The highest BCUT2D eigenvalue weighted by molar-refractivity contribution is 6.05. The minimum atomic E-state index is -0.310. The maximum Gasteiger partial charge on any atom is 0.247 e. The maximum absolute atomic E-state index is 11.9. The largest absolute Gasteiger partial charge is 0.303 e. The van der Waals surface area contributed by atoms with Crippen molar-refractivity contribution in [1.29, 1.82) is 0 Å². The summed E-state index contributed by atoms with van der Waals surface area (Å²) in [6.07, 6.45) is 1.26. The Morgan fingerprint density at radius 2 is 2.00 bits per heavy atom. The molecule has 1 heterocycles. The van der Waals surface area contributed by atoms with Crippen molar-refractivity contribution in [1.82, 2.24) is 10.2 Å². The molecule has 4 nitrogen and oxygen atoms in total. The van der Waals surface area contributed by atoms with E-state index in [2.05, 4.69) is 12.2 Å². The summed E-state index contributed by atoms with van der Waals surface area (Å²) in [6.45, 7) is 7.80. The van der Waals surface area contributed by atoms with Gasteiger partial charge in [0.2, 0.25) is 11.8 Å². The molecule has 2 atom stereocenters. The molecule has 0 radical (unpaired) electrons. The van der Waals surface area contributed by atoms with Gasteiger partial charge >= 0.3 is 0 Å². The van der Waals surface area contributed by atoms with E-state index in [-0.39, 0.29) is 29.9 Å². The molecule has 0 spiro atoms. The minimum absolute atomic E-state index is 0.0336. The summed E-state index contributed by atoms with van der Waals surface area (Å²) in [4.78, 5) is 24.8. The molecule has 1 fully saturated rings. The fourth-order valence-electron chi connectivity index (χ4n) is 1.79. The molecule has 1 N–H and O–H groups in total. The second kappa shape index (κ2) is 4.75. The number of likely N-dealkylation sites (tertiary alicyclic amines) is 1. The summed E-state index contributed by atoms with van der Waals surface area (Å²) in [5, 5.41) is 3.18. The summed E-state index contributed by atoms with van der Waals surface area (Å²) in [5.74, 6) is -0.133. The van der Waals surface area contributed by atoms with Crippen LogP contribution in [-0.4, -0.2) is 34.8 Å². The molecular formula is C11H20N2O2. The Morgan fingerprint density at radius 3 is 2.40 bits per heavy atom. The van der Waals surface area contributed by atoms with Gasteiger partial charge in [-0.3, -0.25) is 14.5 Å². The third kappa shape index (κ3) is 2.56. The van der Waals surface area contributed by atoms with E-state index < -0.39 is 0 Å². The highest BCUT2D eigenvalue weighted by Gasteiger charge is 2.39. The molecule has 0 aromatic heterocycles. The third-order valence-corrected chi connectivity index (χ3v) is 2.80. The number of rotatable bonds is 4. The van der Waals surface area contributed by atoms with Gasteiger partial charge in [-0.2, -0.15) is 0 Å². The van der Waals surface area contributed by atoms with E-state index in [9.17, 15) is 9.59 Å². The van der Waals surface area contributed by atoms with Gasteiger partial charge in [0.05, 0.1) is 12.5 Å². The first-order chi connectivity index (χ1) is 6.97. The molecule has 1 rings (SSSR count). The van der Waals surface area contributed by atoms with Crippen LogP contribution >= 0.6 is 0 Å². The second-order valence-corrected chi connectivity index (χ2v) is 4.43. The number of carbonyl (C=O) groups excluding carboxylic acids is 2. The fourth-order valence-corrected chi connectivity index (χ4v) is 1.79. The van der Waals surface area contributed by atoms with Crippen molar-refractivity contribution < 1.29 is 9.59 Å². The Morgan fingerprint density at radius 1 is 1.40 bits per heavy atom. The molecule has 0 aromatic rings. The van der Waals surface area contributed by atoms with E-state index in [0.29, 0.717) is 6.42 Å². The predicted molar refractivity (Wildman–Crippen MR) is 58.3 cm³/mol. The number of nitrogens with zero attached hydrogens (tertiary/aromatic N) is 1. The van der Waals surface area contributed by atoms with E-state index in [1.165, 1.54) is 4.90 Å². The van der Waals surface area contributed by atoms with Crippen LogP contribution in [0.25, 0.3) is 0 Å². The van der Waals surface area contributed by atoms with Crippen LogP contribution in [0.5, 0.6) is 0 Å². The Bertz CT molecular complexity index is 263. The van der Waals surface area contributed by atoms with Gasteiger partial charge in [0, 0.05) is 12.1 Å². The topological polar surface area (TPSA) is 49.4 Å². The first-order valence-corrected chi connectivity index (χ1v) is 5.59. The van der Waals surface area contributed by atoms with Gasteiger partial charge < -0.3 is 5.32 Å². The van der Waals surface area contributed by atoms with Crippen LogP contribution in [0.3, 0.4) is 0 Å². The van der Waals surface area contributed by atoms with Crippen LogP contribution in [0.15, 0.2) is 0 Å². The lowest BCUT2D eigenvalue weighted by molar-refractivity contribution is -0.140. The maximum atomic E-state index is 11.9. The predicted octanol–water partition coefficient (Wildman–Crippen LogP) is 0.910. The van der Waals surface area contributed by atoms with Gasteiger partial charge in [0.1, 0.15) is 0 Å². The zero-order valence-corrected chi connectivity index (χ0v) is 9.91. The van der Waals surface area contributed by atoms with Gasteiger partial charge in [-0.05, 0) is 27.2 Å². The lowest BCUT2D eigenvalue weighted by atomic mass is 10.2. The van der Waals surface area contributed by atoms with E-state index in [4.69, 9.17) is 0 Å². The fraction of sp³-hybridized carbons (Fsp3) is 0.818. The van der Waals surface area contributed by atoms with Crippen LogP contribution < -0.4 is 5.32 Å². The summed E-state index contributed by atoms with van der Waals surface area (Å²) in [7, 11) is 0. The first-order valence-electron chi connectivity index (χ1n) is 5.59. The quantitative estimate of drug-likeness (QED) is 0.705. The van der Waals surface area contributed by atoms with Crippen molar-refractivity contribution in [3.05, 3.63) is 0 Å². The monoisotopic (exact) mass is 212 g/mol. The summed E-state index contributed by atoms with van der Waals surface area (Å²) < 4.78 is 0. The number of carbonyl (C=O) groups is 2. The Kier molecular flexibility index (Phi) is 3.85. The van der Waals surface area contributed by atoms with Crippen LogP contribution in [-0.2, 0) is 9.59 Å². The standard InChI is InChI=1S/C11H20N2O2/c1-5-8(4)12-9-6-10(14)13(7(2)3)11(9)15/h7-9,12H,5-6H2,1-4H3. The molecule has 2 amide bonds. The molecule has 0 saturated carbocycles. The second-order valence-electron chi connectivity index (χ2n) is 4.43. The average molecular weight is 212 g/mol. The van der Waals surface area contributed by atoms with E-state index >= 15 is 0 Å². The molecule has 2 unspecified atom stereocenters. The van der Waals surface area contributed by atoms with Crippen LogP contribution in [0.1, 0.15) is 40.5 Å². The van der Waals surface area contributed by atoms with Crippen LogP contribution in [0, 0.1) is 0 Å². The van der Waals surface area contributed by atoms with E-state index in [0.717, 1.165) is 6.42 Å². The number of hydrogen-bond acceptors (Lipinski definition) is 3. The van der Waals surface area contributed by atoms with Gasteiger partial charge in [-0.25, -0.2) is 0 Å². The van der Waals surface area contributed by atoms with Gasteiger partial charge in [-0.15, -0.1) is 0 Å². The van der Waals surface area contributed by atoms with Crippen LogP contribution in [0.4, 0.5) is 0 Å². The molecule has 0 aliphatic carbocycles. The zero-order valence-electron chi connectivity index (χ0n) is 9.91.